The first-order valence-electron chi connectivity index (χ1n) is 6.93. The summed E-state index contributed by atoms with van der Waals surface area (Å²) in [7, 11) is 1.42. The number of hydrogen-bond donors (Lipinski definition) is 2. The van der Waals surface area contributed by atoms with Crippen LogP contribution in [0.2, 0.25) is 0 Å². The number of likely N-dealkylation sites (tertiary alicyclic amines) is 1. The van der Waals surface area contributed by atoms with Crippen LogP contribution in [0.4, 0.5) is 0 Å². The van der Waals surface area contributed by atoms with Crippen molar-refractivity contribution in [2.75, 3.05) is 26.7 Å². The topological polar surface area (TPSA) is 91.7 Å². The third kappa shape index (κ3) is 3.84. The van der Waals surface area contributed by atoms with Crippen LogP contribution in [0.15, 0.2) is 23.0 Å². The lowest BCUT2D eigenvalue weighted by Gasteiger charge is -2.31. The fraction of sp³-hybridized carbons (Fsp3) is 0.500. The van der Waals surface area contributed by atoms with Gasteiger partial charge in [-0.3, -0.25) is 14.4 Å². The molecule has 2 heterocycles. The Kier molecular flexibility index (Phi) is 4.97. The van der Waals surface area contributed by atoms with Crippen LogP contribution in [0.1, 0.15) is 23.2 Å². The Bertz CT molecular complexity index is 504. The number of amides is 3. The van der Waals surface area contributed by atoms with Crippen molar-refractivity contribution < 1.29 is 18.8 Å². The van der Waals surface area contributed by atoms with E-state index in [-0.39, 0.29) is 11.8 Å². The normalized spacial score (nSPS) is 15.6. The Labute approximate surface area is 122 Å². The highest BCUT2D eigenvalue weighted by Crippen LogP contribution is 2.18. The number of carbonyl (C=O) groups excluding carboxylic acids is 3. The number of piperidine rings is 1. The van der Waals surface area contributed by atoms with E-state index in [1.54, 1.807) is 11.0 Å². The van der Waals surface area contributed by atoms with Crippen molar-refractivity contribution in [2.24, 2.45) is 5.92 Å². The van der Waals surface area contributed by atoms with Gasteiger partial charge in [0.05, 0.1) is 11.8 Å². The molecule has 2 rings (SSSR count). The van der Waals surface area contributed by atoms with E-state index in [9.17, 15) is 14.4 Å². The molecular weight excluding hydrogens is 274 g/mol. The van der Waals surface area contributed by atoms with E-state index < -0.39 is 11.8 Å². The maximum atomic E-state index is 12.1. The van der Waals surface area contributed by atoms with Gasteiger partial charge in [-0.15, -0.1) is 0 Å². The molecule has 0 aliphatic carbocycles. The second kappa shape index (κ2) is 6.92. The van der Waals surface area contributed by atoms with Gasteiger partial charge in [0.1, 0.15) is 6.26 Å². The van der Waals surface area contributed by atoms with Crippen molar-refractivity contribution >= 4 is 17.7 Å². The van der Waals surface area contributed by atoms with E-state index in [0.717, 1.165) is 12.8 Å². The minimum atomic E-state index is -0.637. The highest BCUT2D eigenvalue weighted by molar-refractivity contribution is 6.34. The summed E-state index contributed by atoms with van der Waals surface area (Å²) < 4.78 is 4.91. The third-order valence-corrected chi connectivity index (χ3v) is 3.65. The molecule has 1 fully saturated rings. The second-order valence-electron chi connectivity index (χ2n) is 5.04. The molecule has 1 aliphatic heterocycles. The second-order valence-corrected chi connectivity index (χ2v) is 5.04. The van der Waals surface area contributed by atoms with Gasteiger partial charge >= 0.3 is 11.8 Å². The molecule has 0 aromatic carbocycles. The molecule has 7 heteroatoms. The van der Waals surface area contributed by atoms with Gasteiger partial charge in [0, 0.05) is 26.7 Å². The quantitative estimate of drug-likeness (QED) is 0.767. The molecule has 0 atom stereocenters. The number of furan rings is 1. The number of nitrogens with zero attached hydrogens (tertiary/aromatic N) is 1. The Morgan fingerprint density at radius 2 is 2.00 bits per heavy atom. The fourth-order valence-electron chi connectivity index (χ4n) is 2.34. The minimum Gasteiger partial charge on any atom is -0.472 e. The Morgan fingerprint density at radius 1 is 1.29 bits per heavy atom. The monoisotopic (exact) mass is 293 g/mol. The average molecular weight is 293 g/mol. The van der Waals surface area contributed by atoms with Crippen LogP contribution in [0.5, 0.6) is 0 Å². The molecule has 1 aromatic heterocycles. The molecular formula is C14H19N3O4. The smallest absolute Gasteiger partial charge is 0.309 e. The number of rotatable bonds is 3. The molecule has 1 saturated heterocycles. The summed E-state index contributed by atoms with van der Waals surface area (Å²) in [6, 6.07) is 1.65. The summed E-state index contributed by atoms with van der Waals surface area (Å²) >= 11 is 0. The summed E-state index contributed by atoms with van der Waals surface area (Å²) in [6.07, 6.45) is 4.53. The predicted octanol–water partition coefficient (Wildman–Crippen LogP) is -0.00600. The first-order valence-corrected chi connectivity index (χ1v) is 6.93. The van der Waals surface area contributed by atoms with Gasteiger partial charge in [-0.2, -0.15) is 0 Å². The van der Waals surface area contributed by atoms with Gasteiger partial charge in [0.15, 0.2) is 0 Å². The molecule has 114 valence electrons. The molecule has 7 nitrogen and oxygen atoms in total. The van der Waals surface area contributed by atoms with Crippen LogP contribution in [-0.2, 0) is 9.59 Å². The van der Waals surface area contributed by atoms with Gasteiger partial charge < -0.3 is 20.0 Å². The van der Waals surface area contributed by atoms with Crippen LogP contribution in [-0.4, -0.2) is 49.3 Å². The first kappa shape index (κ1) is 15.1. The molecule has 0 radical (unpaired) electrons. The van der Waals surface area contributed by atoms with E-state index in [1.165, 1.54) is 19.6 Å². The van der Waals surface area contributed by atoms with Crippen LogP contribution >= 0.6 is 0 Å². The molecule has 2 N–H and O–H groups in total. The Hall–Kier alpha value is -2.31. The summed E-state index contributed by atoms with van der Waals surface area (Å²) in [6.45, 7) is 1.75. The van der Waals surface area contributed by atoms with E-state index in [0.29, 0.717) is 25.2 Å². The molecule has 21 heavy (non-hydrogen) atoms. The molecule has 1 aliphatic rings. The van der Waals surface area contributed by atoms with E-state index in [1.807, 2.05) is 0 Å². The molecule has 1 aromatic rings. The van der Waals surface area contributed by atoms with E-state index in [2.05, 4.69) is 10.6 Å². The molecule has 0 spiro atoms. The van der Waals surface area contributed by atoms with Gasteiger partial charge in [-0.05, 0) is 24.8 Å². The molecule has 0 saturated carbocycles. The van der Waals surface area contributed by atoms with Crippen molar-refractivity contribution in [3.63, 3.8) is 0 Å². The zero-order valence-electron chi connectivity index (χ0n) is 11.9. The summed E-state index contributed by atoms with van der Waals surface area (Å²) in [5.74, 6) is -0.999. The van der Waals surface area contributed by atoms with Crippen LogP contribution in [0.3, 0.4) is 0 Å². The Balaban J connectivity index is 1.75. The van der Waals surface area contributed by atoms with Crippen LogP contribution in [0, 0.1) is 5.92 Å². The van der Waals surface area contributed by atoms with Crippen molar-refractivity contribution in [3.8, 4) is 0 Å². The largest absolute Gasteiger partial charge is 0.472 e. The van der Waals surface area contributed by atoms with Crippen molar-refractivity contribution in [3.05, 3.63) is 24.2 Å². The van der Waals surface area contributed by atoms with Gasteiger partial charge in [0.2, 0.25) is 0 Å². The number of likely N-dealkylation sites (N-methyl/N-ethyl adjacent to an activating group) is 1. The maximum absolute atomic E-state index is 12.1. The summed E-state index contributed by atoms with van der Waals surface area (Å²) in [5.41, 5.74) is 0.557. The van der Waals surface area contributed by atoms with Gasteiger partial charge in [0.25, 0.3) is 5.91 Å². The van der Waals surface area contributed by atoms with Gasteiger partial charge in [-0.25, -0.2) is 0 Å². The SMILES string of the molecule is CNC(=O)C(=O)NCC1CCN(C(=O)c2ccoc2)CC1. The molecule has 3 amide bonds. The van der Waals surface area contributed by atoms with Crippen molar-refractivity contribution in [2.45, 2.75) is 12.8 Å². The first-order chi connectivity index (χ1) is 10.1. The number of hydrogen-bond acceptors (Lipinski definition) is 4. The minimum absolute atomic E-state index is 0.0309. The predicted molar refractivity (Wildman–Crippen MR) is 74.4 cm³/mol. The average Bonchev–Trinajstić information content (AvgIpc) is 3.06. The summed E-state index contributed by atoms with van der Waals surface area (Å²) in [5, 5.41) is 4.88. The maximum Gasteiger partial charge on any atom is 0.309 e. The van der Waals surface area contributed by atoms with Crippen LogP contribution in [0.25, 0.3) is 0 Å². The Morgan fingerprint density at radius 3 is 2.57 bits per heavy atom. The van der Waals surface area contributed by atoms with Gasteiger partial charge in [-0.1, -0.05) is 0 Å². The zero-order chi connectivity index (χ0) is 15.2. The van der Waals surface area contributed by atoms with Crippen molar-refractivity contribution in [1.82, 2.24) is 15.5 Å². The molecule has 0 bridgehead atoms. The zero-order valence-corrected chi connectivity index (χ0v) is 11.9. The fourth-order valence-corrected chi connectivity index (χ4v) is 2.34. The van der Waals surface area contributed by atoms with E-state index >= 15 is 0 Å². The number of nitrogens with one attached hydrogen (secondary N) is 2. The molecule has 0 unspecified atom stereocenters. The standard InChI is InChI=1S/C14H19N3O4/c1-15-12(18)13(19)16-8-10-2-5-17(6-3-10)14(20)11-4-7-21-9-11/h4,7,9-10H,2-3,5-6,8H2,1H3,(H,15,18)(H,16,19). The lowest BCUT2D eigenvalue weighted by molar-refractivity contribution is -0.139. The van der Waals surface area contributed by atoms with Crippen molar-refractivity contribution in [1.29, 1.82) is 0 Å². The highest BCUT2D eigenvalue weighted by Gasteiger charge is 2.24. The van der Waals surface area contributed by atoms with Crippen LogP contribution < -0.4 is 10.6 Å². The lowest BCUT2D eigenvalue weighted by Crippen LogP contribution is -2.44. The number of carbonyl (C=O) groups is 3. The third-order valence-electron chi connectivity index (χ3n) is 3.65. The van der Waals surface area contributed by atoms with E-state index in [4.69, 9.17) is 4.42 Å². The highest BCUT2D eigenvalue weighted by atomic mass is 16.3. The summed E-state index contributed by atoms with van der Waals surface area (Å²) in [4.78, 5) is 36.3. The lowest BCUT2D eigenvalue weighted by atomic mass is 9.96.